The number of nitrogens with one attached hydrogen (secondary N) is 1. The molecule has 0 aromatic heterocycles. The molecule has 1 aliphatic rings. The summed E-state index contributed by atoms with van der Waals surface area (Å²) in [5.41, 5.74) is 0. The highest BCUT2D eigenvalue weighted by Gasteiger charge is 2.42. The van der Waals surface area contributed by atoms with E-state index >= 15 is 0 Å². The van der Waals surface area contributed by atoms with E-state index in [-0.39, 0.29) is 43.0 Å². The van der Waals surface area contributed by atoms with Gasteiger partial charge in [-0.1, -0.05) is 27.7 Å². The van der Waals surface area contributed by atoms with Crippen molar-refractivity contribution in [1.29, 1.82) is 0 Å². The van der Waals surface area contributed by atoms with Crippen molar-refractivity contribution >= 4 is 17.5 Å². The van der Waals surface area contributed by atoms with Crippen molar-refractivity contribution in [2.24, 2.45) is 17.8 Å². The predicted octanol–water partition coefficient (Wildman–Crippen LogP) is -0.205. The van der Waals surface area contributed by atoms with E-state index in [1.807, 2.05) is 6.92 Å². The first-order valence-electron chi connectivity index (χ1n) is 10.2. The van der Waals surface area contributed by atoms with E-state index in [4.69, 9.17) is 9.47 Å². The third-order valence-corrected chi connectivity index (χ3v) is 5.52. The summed E-state index contributed by atoms with van der Waals surface area (Å²) in [5.74, 6) is -2.03. The monoisotopic (exact) mass is 417 g/mol. The van der Waals surface area contributed by atoms with Gasteiger partial charge in [-0.25, -0.2) is 0 Å². The summed E-state index contributed by atoms with van der Waals surface area (Å²) in [4.78, 5) is 36.4. The van der Waals surface area contributed by atoms with Gasteiger partial charge in [-0.05, 0) is 12.8 Å². The lowest BCUT2D eigenvalue weighted by molar-refractivity contribution is -0.280. The number of ether oxygens (including phenoxy) is 2. The number of carbonyl (C=O) groups excluding carboxylic acids is 3. The topological polar surface area (TPSA) is 142 Å². The molecule has 0 spiro atoms. The van der Waals surface area contributed by atoms with Gasteiger partial charge >= 0.3 is 0 Å². The highest BCUT2D eigenvalue weighted by Crippen LogP contribution is 2.27. The second-order valence-corrected chi connectivity index (χ2v) is 7.72. The van der Waals surface area contributed by atoms with Crippen LogP contribution in [0.3, 0.4) is 0 Å². The number of amides is 1. The molecule has 168 valence electrons. The van der Waals surface area contributed by atoms with Gasteiger partial charge in [0.25, 0.3) is 0 Å². The summed E-state index contributed by atoms with van der Waals surface area (Å²) < 4.78 is 10.9. The van der Waals surface area contributed by atoms with Crippen LogP contribution in [0.2, 0.25) is 0 Å². The Morgan fingerprint density at radius 1 is 1.14 bits per heavy atom. The van der Waals surface area contributed by atoms with Crippen molar-refractivity contribution in [3.8, 4) is 0 Å². The van der Waals surface area contributed by atoms with Gasteiger partial charge < -0.3 is 30.1 Å². The largest absolute Gasteiger partial charge is 0.394 e. The maximum Gasteiger partial charge on any atom is 0.223 e. The van der Waals surface area contributed by atoms with Crippen LogP contribution in [0.4, 0.5) is 0 Å². The average Bonchev–Trinajstić information content (AvgIpc) is 2.72. The Labute approximate surface area is 171 Å². The molecule has 1 rings (SSSR count). The Hall–Kier alpha value is -1.39. The Bertz CT molecular complexity index is 553. The zero-order chi connectivity index (χ0) is 22.1. The molecule has 9 nitrogen and oxygen atoms in total. The second kappa shape index (κ2) is 12.3. The van der Waals surface area contributed by atoms with Crippen molar-refractivity contribution < 1.29 is 39.2 Å². The van der Waals surface area contributed by atoms with E-state index < -0.39 is 43.0 Å². The predicted molar refractivity (Wildman–Crippen MR) is 104 cm³/mol. The van der Waals surface area contributed by atoms with Gasteiger partial charge in [0.2, 0.25) is 5.91 Å². The van der Waals surface area contributed by atoms with E-state index in [9.17, 15) is 29.7 Å². The first kappa shape index (κ1) is 25.6. The van der Waals surface area contributed by atoms with Crippen LogP contribution < -0.4 is 5.32 Å². The fraction of sp³-hybridized carbons (Fsp3) is 0.850. The van der Waals surface area contributed by atoms with Crippen LogP contribution in [-0.2, 0) is 23.9 Å². The Morgan fingerprint density at radius 2 is 1.79 bits per heavy atom. The minimum Gasteiger partial charge on any atom is -0.394 e. The normalized spacial score (nSPS) is 29.1. The lowest BCUT2D eigenvalue weighted by atomic mass is 9.92. The van der Waals surface area contributed by atoms with Crippen LogP contribution in [0.15, 0.2) is 0 Å². The maximum atomic E-state index is 12.5. The highest BCUT2D eigenvalue weighted by molar-refractivity contribution is 5.91. The summed E-state index contributed by atoms with van der Waals surface area (Å²) >= 11 is 0. The van der Waals surface area contributed by atoms with E-state index in [1.54, 1.807) is 20.8 Å². The lowest BCUT2D eigenvalue weighted by Crippen LogP contribution is -2.55. The number of Topliss-reactive ketones (excluding diaryl/α,β-unsaturated/α-hetero) is 2. The molecule has 0 bridgehead atoms. The van der Waals surface area contributed by atoms with Crippen LogP contribution in [0.5, 0.6) is 0 Å². The lowest BCUT2D eigenvalue weighted by Gasteiger charge is -2.40. The number of ketones is 2. The summed E-state index contributed by atoms with van der Waals surface area (Å²) in [6.45, 7) is 6.14. The Balaban J connectivity index is 2.52. The number of aliphatic hydroxyl groups is 3. The summed E-state index contributed by atoms with van der Waals surface area (Å²) in [5, 5.41) is 31.7. The Morgan fingerprint density at radius 3 is 2.34 bits per heavy atom. The first-order valence-corrected chi connectivity index (χ1v) is 10.2. The van der Waals surface area contributed by atoms with Crippen LogP contribution in [0.1, 0.15) is 47.0 Å². The molecule has 0 saturated carbocycles. The maximum absolute atomic E-state index is 12.5. The highest BCUT2D eigenvalue weighted by atomic mass is 16.7. The van der Waals surface area contributed by atoms with Crippen molar-refractivity contribution in [3.63, 3.8) is 0 Å². The minimum atomic E-state index is -1.24. The molecular formula is C20H35NO8. The molecule has 1 amide bonds. The van der Waals surface area contributed by atoms with Gasteiger partial charge in [-0.3, -0.25) is 14.4 Å². The van der Waals surface area contributed by atoms with Gasteiger partial charge in [-0.2, -0.15) is 0 Å². The SMILES string of the molecule is CCC(C)C(=O)NCC(=O)CC(CC)C(=O)CO[C@H]1OC(CO)[C@H](O)[C@H](O)C1C. The van der Waals surface area contributed by atoms with Crippen molar-refractivity contribution in [2.75, 3.05) is 19.8 Å². The van der Waals surface area contributed by atoms with E-state index in [0.717, 1.165) is 0 Å². The van der Waals surface area contributed by atoms with Gasteiger partial charge in [0.05, 0.1) is 19.3 Å². The molecule has 7 atom stereocenters. The number of hydrogen-bond acceptors (Lipinski definition) is 8. The average molecular weight is 417 g/mol. The molecule has 4 unspecified atom stereocenters. The van der Waals surface area contributed by atoms with Gasteiger partial charge in [0.15, 0.2) is 17.9 Å². The summed E-state index contributed by atoms with van der Waals surface area (Å²) in [7, 11) is 0. The van der Waals surface area contributed by atoms with Crippen LogP contribution in [0, 0.1) is 17.8 Å². The summed E-state index contributed by atoms with van der Waals surface area (Å²) in [6, 6.07) is 0. The number of carbonyl (C=O) groups is 3. The molecule has 0 aromatic rings. The van der Waals surface area contributed by atoms with E-state index in [2.05, 4.69) is 5.32 Å². The minimum absolute atomic E-state index is 0.00115. The molecule has 1 saturated heterocycles. The molecule has 1 heterocycles. The molecule has 0 radical (unpaired) electrons. The molecule has 9 heteroatoms. The van der Waals surface area contributed by atoms with Crippen LogP contribution >= 0.6 is 0 Å². The van der Waals surface area contributed by atoms with E-state index in [1.165, 1.54) is 0 Å². The standard InChI is InChI=1S/C20H35NO8/c1-5-11(3)19(27)21-8-14(23)7-13(6-2)15(24)10-28-20-12(4)17(25)18(26)16(9-22)29-20/h11-13,16-18,20,22,25-26H,5-10H2,1-4H3,(H,21,27)/t11?,12?,13?,16?,17-,18+,20+/m1/s1. The Kier molecular flexibility index (Phi) is 10.9. The molecule has 1 aliphatic heterocycles. The zero-order valence-electron chi connectivity index (χ0n) is 17.7. The molecule has 4 N–H and O–H groups in total. The quantitative estimate of drug-likeness (QED) is 0.342. The third-order valence-electron chi connectivity index (χ3n) is 5.52. The fourth-order valence-electron chi connectivity index (χ4n) is 3.07. The molecular weight excluding hydrogens is 382 g/mol. The van der Waals surface area contributed by atoms with Crippen molar-refractivity contribution in [1.82, 2.24) is 5.32 Å². The zero-order valence-corrected chi connectivity index (χ0v) is 17.7. The van der Waals surface area contributed by atoms with Gasteiger partial charge in [0, 0.05) is 24.2 Å². The van der Waals surface area contributed by atoms with Gasteiger partial charge in [0.1, 0.15) is 18.8 Å². The number of aliphatic hydroxyl groups excluding tert-OH is 3. The fourth-order valence-corrected chi connectivity index (χ4v) is 3.07. The molecule has 0 aliphatic carbocycles. The van der Waals surface area contributed by atoms with E-state index in [0.29, 0.717) is 12.8 Å². The number of hydrogen-bond donors (Lipinski definition) is 4. The third kappa shape index (κ3) is 7.42. The number of rotatable bonds is 12. The molecule has 0 aromatic carbocycles. The van der Waals surface area contributed by atoms with Crippen LogP contribution in [-0.4, -0.2) is 77.2 Å². The van der Waals surface area contributed by atoms with Crippen LogP contribution in [0.25, 0.3) is 0 Å². The molecule has 29 heavy (non-hydrogen) atoms. The van der Waals surface area contributed by atoms with Crippen molar-refractivity contribution in [2.45, 2.75) is 71.6 Å². The molecule has 1 fully saturated rings. The smallest absolute Gasteiger partial charge is 0.223 e. The van der Waals surface area contributed by atoms with Crippen molar-refractivity contribution in [3.05, 3.63) is 0 Å². The van der Waals surface area contributed by atoms with Gasteiger partial charge in [-0.15, -0.1) is 0 Å². The first-order chi connectivity index (χ1) is 13.7. The summed E-state index contributed by atoms with van der Waals surface area (Å²) in [6.07, 6.45) is -3.24. The second-order valence-electron chi connectivity index (χ2n) is 7.72.